The summed E-state index contributed by atoms with van der Waals surface area (Å²) >= 11 is 0. The number of hydrogen-bond donors (Lipinski definition) is 1. The molecule has 6 heteroatoms. The Labute approximate surface area is 123 Å². The van der Waals surface area contributed by atoms with E-state index < -0.39 is 5.91 Å². The number of carbonyl (C=O) groups is 1. The maximum Gasteiger partial charge on any atom is 0.250 e. The zero-order chi connectivity index (χ0) is 14.8. The lowest BCUT2D eigenvalue weighted by Gasteiger charge is -2.36. The van der Waals surface area contributed by atoms with Gasteiger partial charge in [0.15, 0.2) is 0 Å². The van der Waals surface area contributed by atoms with E-state index in [9.17, 15) is 4.79 Å². The smallest absolute Gasteiger partial charge is 0.250 e. The van der Waals surface area contributed by atoms with E-state index in [-0.39, 0.29) is 0 Å². The molecule has 1 atom stereocenters. The number of nitrogens with two attached hydrogens (primary N) is 1. The minimum Gasteiger partial charge on any atom is -0.368 e. The van der Waals surface area contributed by atoms with Crippen LogP contribution >= 0.6 is 0 Å². The van der Waals surface area contributed by atoms with Crippen LogP contribution in [-0.4, -0.2) is 33.3 Å². The van der Waals surface area contributed by atoms with Crippen LogP contribution in [0.4, 0.5) is 5.69 Å². The van der Waals surface area contributed by atoms with E-state index in [1.165, 1.54) is 6.42 Å². The number of carbonyl (C=O) groups excluding carboxylic acids is 1. The van der Waals surface area contributed by atoms with E-state index in [1.54, 1.807) is 17.2 Å². The molecule has 2 N–H and O–H groups in total. The molecule has 21 heavy (non-hydrogen) atoms. The van der Waals surface area contributed by atoms with Gasteiger partial charge in [0.05, 0.1) is 5.56 Å². The number of amides is 1. The summed E-state index contributed by atoms with van der Waals surface area (Å²) in [6.07, 6.45) is 6.73. The Bertz CT molecular complexity index is 638. The molecular formula is C15H19N5O. The molecule has 0 spiro atoms. The molecule has 110 valence electrons. The number of aromatic nitrogens is 3. The Kier molecular flexibility index (Phi) is 3.60. The molecule has 1 aliphatic heterocycles. The fourth-order valence-electron chi connectivity index (χ4n) is 2.92. The number of hydrogen-bond acceptors (Lipinski definition) is 4. The summed E-state index contributed by atoms with van der Waals surface area (Å²) < 4.78 is 1.76. The Hall–Kier alpha value is -2.37. The van der Waals surface area contributed by atoms with Crippen LogP contribution in [0.15, 0.2) is 30.9 Å². The third-order valence-electron chi connectivity index (χ3n) is 4.07. The van der Waals surface area contributed by atoms with Crippen molar-refractivity contribution in [3.8, 4) is 5.69 Å². The summed E-state index contributed by atoms with van der Waals surface area (Å²) in [5.74, 6) is -0.405. The number of piperidine rings is 1. The average molecular weight is 285 g/mol. The highest BCUT2D eigenvalue weighted by atomic mass is 16.1. The molecule has 1 fully saturated rings. The zero-order valence-electron chi connectivity index (χ0n) is 12.1. The van der Waals surface area contributed by atoms with Gasteiger partial charge in [-0.05, 0) is 44.4 Å². The highest BCUT2D eigenvalue weighted by molar-refractivity contribution is 5.99. The van der Waals surface area contributed by atoms with Crippen molar-refractivity contribution in [1.29, 1.82) is 0 Å². The van der Waals surface area contributed by atoms with E-state index in [4.69, 9.17) is 5.73 Å². The molecular weight excluding hydrogens is 266 g/mol. The molecule has 1 amide bonds. The minimum absolute atomic E-state index is 0.405. The fourth-order valence-corrected chi connectivity index (χ4v) is 2.92. The Balaban J connectivity index is 2.02. The predicted molar refractivity (Wildman–Crippen MR) is 80.5 cm³/mol. The second kappa shape index (κ2) is 5.55. The van der Waals surface area contributed by atoms with Gasteiger partial charge in [-0.15, -0.1) is 10.2 Å². The maximum atomic E-state index is 11.8. The number of anilines is 1. The van der Waals surface area contributed by atoms with Crippen molar-refractivity contribution in [2.45, 2.75) is 32.2 Å². The number of primary amides is 1. The molecule has 1 saturated heterocycles. The van der Waals surface area contributed by atoms with Crippen LogP contribution in [0.2, 0.25) is 0 Å². The quantitative estimate of drug-likeness (QED) is 0.932. The lowest BCUT2D eigenvalue weighted by molar-refractivity contribution is 0.100. The van der Waals surface area contributed by atoms with E-state index in [0.717, 1.165) is 30.8 Å². The topological polar surface area (TPSA) is 77.0 Å². The van der Waals surface area contributed by atoms with Crippen molar-refractivity contribution in [3.05, 3.63) is 36.4 Å². The third-order valence-corrected chi connectivity index (χ3v) is 4.07. The summed E-state index contributed by atoms with van der Waals surface area (Å²) in [5, 5.41) is 7.57. The highest BCUT2D eigenvalue weighted by Gasteiger charge is 2.22. The van der Waals surface area contributed by atoms with E-state index in [1.807, 2.05) is 18.2 Å². The first kappa shape index (κ1) is 13.6. The van der Waals surface area contributed by atoms with Gasteiger partial charge in [-0.2, -0.15) is 0 Å². The summed E-state index contributed by atoms with van der Waals surface area (Å²) in [7, 11) is 0. The SMILES string of the molecule is C[C@@H]1CCCCN1c1ccc(-n2cnnc2)cc1C(N)=O. The van der Waals surface area contributed by atoms with Crippen molar-refractivity contribution >= 4 is 11.6 Å². The maximum absolute atomic E-state index is 11.8. The van der Waals surface area contributed by atoms with Crippen molar-refractivity contribution < 1.29 is 4.79 Å². The van der Waals surface area contributed by atoms with Gasteiger partial charge in [0.2, 0.25) is 0 Å². The lowest BCUT2D eigenvalue weighted by Crippen LogP contribution is -2.38. The summed E-state index contributed by atoms with van der Waals surface area (Å²) in [5.41, 5.74) is 7.89. The van der Waals surface area contributed by atoms with Crippen LogP contribution in [0.3, 0.4) is 0 Å². The normalized spacial score (nSPS) is 18.7. The molecule has 0 aliphatic carbocycles. The molecule has 1 aromatic heterocycles. The lowest BCUT2D eigenvalue weighted by atomic mass is 10.0. The predicted octanol–water partition coefficient (Wildman–Crippen LogP) is 1.74. The summed E-state index contributed by atoms with van der Waals surface area (Å²) in [4.78, 5) is 14.1. The van der Waals surface area contributed by atoms with Crippen molar-refractivity contribution in [1.82, 2.24) is 14.8 Å². The first-order valence-corrected chi connectivity index (χ1v) is 7.22. The first-order valence-electron chi connectivity index (χ1n) is 7.22. The van der Waals surface area contributed by atoms with Gasteiger partial charge in [-0.25, -0.2) is 0 Å². The first-order chi connectivity index (χ1) is 10.2. The van der Waals surface area contributed by atoms with Crippen molar-refractivity contribution in [2.75, 3.05) is 11.4 Å². The molecule has 1 aliphatic rings. The van der Waals surface area contributed by atoms with E-state index in [2.05, 4.69) is 22.0 Å². The molecule has 3 rings (SSSR count). The number of benzene rings is 1. The van der Waals surface area contributed by atoms with Crippen LogP contribution in [0.25, 0.3) is 5.69 Å². The average Bonchev–Trinajstić information content (AvgIpc) is 3.01. The molecule has 0 bridgehead atoms. The molecule has 0 unspecified atom stereocenters. The Morgan fingerprint density at radius 3 is 2.71 bits per heavy atom. The van der Waals surface area contributed by atoms with Gasteiger partial charge < -0.3 is 10.6 Å². The molecule has 2 heterocycles. The van der Waals surface area contributed by atoms with Gasteiger partial charge in [0.25, 0.3) is 5.91 Å². The molecule has 2 aromatic rings. The Morgan fingerprint density at radius 2 is 2.05 bits per heavy atom. The standard InChI is InChI=1S/C15H19N5O/c1-11-4-2-3-7-20(11)14-6-5-12(8-13(14)15(16)21)19-9-17-18-10-19/h5-6,8-11H,2-4,7H2,1H3,(H2,16,21)/t11-/m1/s1. The van der Waals surface area contributed by atoms with Gasteiger partial charge in [-0.1, -0.05) is 0 Å². The zero-order valence-corrected chi connectivity index (χ0v) is 12.1. The second-order valence-corrected chi connectivity index (χ2v) is 5.47. The summed E-state index contributed by atoms with van der Waals surface area (Å²) in [6.45, 7) is 3.16. The monoisotopic (exact) mass is 285 g/mol. The van der Waals surface area contributed by atoms with Crippen LogP contribution in [0, 0.1) is 0 Å². The fraction of sp³-hybridized carbons (Fsp3) is 0.400. The van der Waals surface area contributed by atoms with Crippen molar-refractivity contribution in [2.24, 2.45) is 5.73 Å². The van der Waals surface area contributed by atoms with Crippen LogP contribution in [-0.2, 0) is 0 Å². The molecule has 0 saturated carbocycles. The van der Waals surface area contributed by atoms with Gasteiger partial charge in [0, 0.05) is 24.0 Å². The van der Waals surface area contributed by atoms with Gasteiger partial charge in [0.1, 0.15) is 12.7 Å². The Morgan fingerprint density at radius 1 is 1.29 bits per heavy atom. The van der Waals surface area contributed by atoms with Crippen molar-refractivity contribution in [3.63, 3.8) is 0 Å². The molecule has 6 nitrogen and oxygen atoms in total. The largest absolute Gasteiger partial charge is 0.368 e. The third kappa shape index (κ3) is 2.61. The number of nitrogens with zero attached hydrogens (tertiary/aromatic N) is 4. The van der Waals surface area contributed by atoms with Crippen LogP contribution < -0.4 is 10.6 Å². The summed E-state index contributed by atoms with van der Waals surface area (Å²) in [6, 6.07) is 6.17. The van der Waals surface area contributed by atoms with E-state index in [0.29, 0.717) is 11.6 Å². The second-order valence-electron chi connectivity index (χ2n) is 5.47. The van der Waals surface area contributed by atoms with E-state index >= 15 is 0 Å². The molecule has 0 radical (unpaired) electrons. The molecule has 1 aromatic carbocycles. The highest BCUT2D eigenvalue weighted by Crippen LogP contribution is 2.29. The van der Waals surface area contributed by atoms with Crippen LogP contribution in [0.1, 0.15) is 36.5 Å². The van der Waals surface area contributed by atoms with Crippen LogP contribution in [0.5, 0.6) is 0 Å². The van der Waals surface area contributed by atoms with Gasteiger partial charge in [-0.3, -0.25) is 9.36 Å². The van der Waals surface area contributed by atoms with Gasteiger partial charge >= 0.3 is 0 Å². The number of rotatable bonds is 3. The minimum atomic E-state index is -0.405.